The highest BCUT2D eigenvalue weighted by atomic mass is 16.5. The molecule has 10 aromatic rings. The van der Waals surface area contributed by atoms with Gasteiger partial charge in [0.15, 0.2) is 0 Å². The number of phenolic OH excluding ortho intramolecular Hbond substituents is 2. The number of aromatic nitrogens is 4. The predicted octanol–water partition coefficient (Wildman–Crippen LogP) is 12.7. The Bertz CT molecular complexity index is 2970. The molecule has 0 aliphatic carbocycles. The monoisotopic (exact) mass is 800 g/mol. The Balaban J connectivity index is 0.936. The first-order chi connectivity index (χ1) is 29.7. The minimum atomic E-state index is -0.325. The lowest BCUT2D eigenvalue weighted by Crippen LogP contribution is -2.23. The van der Waals surface area contributed by atoms with E-state index >= 15 is 0 Å². The summed E-state index contributed by atoms with van der Waals surface area (Å²) in [6.07, 6.45) is 3.26. The molecular weight excluding hydrogens is 757 g/mol. The van der Waals surface area contributed by atoms with Gasteiger partial charge in [-0.05, 0) is 112 Å². The third kappa shape index (κ3) is 6.57. The maximum atomic E-state index is 12.1. The van der Waals surface area contributed by atoms with Crippen molar-refractivity contribution in [3.8, 4) is 56.9 Å². The molecule has 300 valence electrons. The van der Waals surface area contributed by atoms with E-state index < -0.39 is 0 Å². The van der Waals surface area contributed by atoms with Gasteiger partial charge in [-0.2, -0.15) is 0 Å². The Morgan fingerprint density at radius 2 is 0.803 bits per heavy atom. The molecule has 0 aliphatic rings. The van der Waals surface area contributed by atoms with Gasteiger partial charge in [-0.15, -0.1) is 0 Å². The smallest absolute Gasteiger partial charge is 0.221 e. The van der Waals surface area contributed by atoms with Crippen molar-refractivity contribution in [2.75, 3.05) is 0 Å². The molecule has 4 aromatic heterocycles. The molecule has 0 amide bonds. The number of para-hydroxylation sites is 4. The summed E-state index contributed by atoms with van der Waals surface area (Å²) < 4.78 is 17.4. The second-order valence-electron chi connectivity index (χ2n) is 15.9. The summed E-state index contributed by atoms with van der Waals surface area (Å²) >= 11 is 0. The van der Waals surface area contributed by atoms with E-state index in [0.29, 0.717) is 51.8 Å². The summed E-state index contributed by atoms with van der Waals surface area (Å²) in [7, 11) is 0. The van der Waals surface area contributed by atoms with E-state index in [0.717, 1.165) is 54.7 Å². The maximum Gasteiger partial charge on any atom is 0.221 e. The van der Waals surface area contributed by atoms with Crippen molar-refractivity contribution in [3.63, 3.8) is 0 Å². The topological polar surface area (TPSA) is 94.6 Å². The van der Waals surface area contributed by atoms with Gasteiger partial charge in [0.05, 0.1) is 33.4 Å². The molecule has 0 aliphatic heterocycles. The fourth-order valence-corrected chi connectivity index (χ4v) is 8.96. The third-order valence-electron chi connectivity index (χ3n) is 11.5. The molecule has 8 nitrogen and oxygen atoms in total. The molecule has 61 heavy (non-hydrogen) atoms. The van der Waals surface area contributed by atoms with Gasteiger partial charge in [0.25, 0.3) is 0 Å². The molecule has 0 unspecified atom stereocenters. The van der Waals surface area contributed by atoms with E-state index in [2.05, 4.69) is 67.6 Å². The van der Waals surface area contributed by atoms with Crippen LogP contribution in [0, 0.1) is 13.8 Å². The number of benzene rings is 6. The summed E-state index contributed by atoms with van der Waals surface area (Å²) in [5.74, 6) is 1.11. The zero-order valence-electron chi connectivity index (χ0n) is 34.4. The van der Waals surface area contributed by atoms with Crippen LogP contribution >= 0.6 is 0 Å². The van der Waals surface area contributed by atoms with Gasteiger partial charge >= 0.3 is 0 Å². The molecule has 0 saturated heterocycles. The van der Waals surface area contributed by atoms with Gasteiger partial charge in [0.2, 0.25) is 11.8 Å². The Labute approximate surface area is 353 Å². The Morgan fingerprint density at radius 3 is 1.16 bits per heavy atom. The van der Waals surface area contributed by atoms with Gasteiger partial charge in [0, 0.05) is 62.6 Å². The number of phenols is 2. The number of rotatable bonds is 10. The fraction of sp³-hybridized carbons (Fsp3) is 0.132. The van der Waals surface area contributed by atoms with Gasteiger partial charge in [0.1, 0.15) is 23.7 Å². The normalized spacial score (nSPS) is 12.7. The lowest BCUT2D eigenvalue weighted by Gasteiger charge is -2.22. The Hall–Kier alpha value is -7.58. The Morgan fingerprint density at radius 1 is 0.459 bits per heavy atom. The standard InChI is InChI=1S/C53H44N4O4/c1-32-27-42(50(58)48(29-32)56-44-21-9-5-15-36(44)37-16-6-10-22-45(37)56)40-19-13-25-54-52(40)60-34(3)31-35(4)61-53-41(20-14-26-55-53)43-28-33(2)30-49(51(43)59)57-46-23-11-7-17-38(46)39-18-8-12-24-47(39)57/h5-30,34-35,58-59H,31H2,1-4H3/t34-,35-/m1/s1. The number of hydrogen-bond donors (Lipinski definition) is 2. The van der Waals surface area contributed by atoms with Crippen LogP contribution in [0.15, 0.2) is 158 Å². The number of nitrogens with zero attached hydrogens (tertiary/aromatic N) is 4. The number of hydrogen-bond acceptors (Lipinski definition) is 6. The molecular formula is C53H44N4O4. The molecule has 6 aromatic carbocycles. The summed E-state index contributed by atoms with van der Waals surface area (Å²) in [4.78, 5) is 9.33. The van der Waals surface area contributed by atoms with Crippen LogP contribution in [-0.2, 0) is 0 Å². The summed E-state index contributed by atoms with van der Waals surface area (Å²) in [6.45, 7) is 8.04. The van der Waals surface area contributed by atoms with Crippen LogP contribution in [-0.4, -0.2) is 41.5 Å². The minimum absolute atomic E-state index is 0.141. The van der Waals surface area contributed by atoms with E-state index in [-0.39, 0.29) is 23.7 Å². The van der Waals surface area contributed by atoms with Gasteiger partial charge in [-0.1, -0.05) is 72.8 Å². The van der Waals surface area contributed by atoms with Crippen molar-refractivity contribution in [2.24, 2.45) is 0 Å². The fourth-order valence-electron chi connectivity index (χ4n) is 8.96. The zero-order valence-corrected chi connectivity index (χ0v) is 34.4. The van der Waals surface area contributed by atoms with Crippen LogP contribution in [0.2, 0.25) is 0 Å². The highest BCUT2D eigenvalue weighted by Gasteiger charge is 2.24. The average Bonchev–Trinajstić information content (AvgIpc) is 3.78. The zero-order chi connectivity index (χ0) is 41.8. The van der Waals surface area contributed by atoms with Crippen molar-refractivity contribution in [2.45, 2.75) is 46.3 Å². The van der Waals surface area contributed by atoms with Crippen LogP contribution < -0.4 is 9.47 Å². The van der Waals surface area contributed by atoms with Crippen LogP contribution in [0.5, 0.6) is 23.3 Å². The van der Waals surface area contributed by atoms with E-state index in [1.54, 1.807) is 12.4 Å². The average molecular weight is 801 g/mol. The molecule has 10 rings (SSSR count). The SMILES string of the molecule is Cc1cc(-c2cccnc2O[C@H](C)C[C@@H](C)Oc2ncccc2-c2cc(C)cc(-n3c4ccccc4c4ccccc43)c2O)c(O)c(-n2c3ccccc3c3ccccc32)c1. The summed E-state index contributed by atoms with van der Waals surface area (Å²) in [5, 5.41) is 28.7. The molecule has 0 saturated carbocycles. The van der Waals surface area contributed by atoms with Crippen LogP contribution in [0.25, 0.3) is 77.2 Å². The van der Waals surface area contributed by atoms with Crippen molar-refractivity contribution in [3.05, 3.63) is 169 Å². The molecule has 0 radical (unpaired) electrons. The molecule has 0 bridgehead atoms. The largest absolute Gasteiger partial charge is 0.505 e. The maximum absolute atomic E-state index is 12.1. The molecule has 2 N–H and O–H groups in total. The first-order valence-electron chi connectivity index (χ1n) is 20.6. The highest BCUT2D eigenvalue weighted by molar-refractivity contribution is 6.10. The Kier molecular flexibility index (Phi) is 9.40. The number of ether oxygens (including phenoxy) is 2. The van der Waals surface area contributed by atoms with Crippen molar-refractivity contribution in [1.82, 2.24) is 19.1 Å². The lowest BCUT2D eigenvalue weighted by atomic mass is 10.0. The van der Waals surface area contributed by atoms with E-state index in [9.17, 15) is 10.2 Å². The van der Waals surface area contributed by atoms with Gasteiger partial charge in [-0.25, -0.2) is 9.97 Å². The van der Waals surface area contributed by atoms with E-state index in [4.69, 9.17) is 9.47 Å². The molecule has 4 heterocycles. The van der Waals surface area contributed by atoms with Crippen LogP contribution in [0.1, 0.15) is 31.4 Å². The lowest BCUT2D eigenvalue weighted by molar-refractivity contribution is 0.125. The molecule has 0 spiro atoms. The quantitative estimate of drug-likeness (QED) is 0.143. The van der Waals surface area contributed by atoms with E-state index in [1.165, 1.54) is 0 Å². The first-order valence-corrected chi connectivity index (χ1v) is 20.6. The molecule has 8 heteroatoms. The third-order valence-corrected chi connectivity index (χ3v) is 11.5. The molecule has 2 atom stereocenters. The second kappa shape index (κ2) is 15.2. The minimum Gasteiger partial charge on any atom is -0.505 e. The number of aryl methyl sites for hydroxylation is 2. The highest BCUT2D eigenvalue weighted by Crippen LogP contribution is 2.44. The number of fused-ring (bicyclic) bond motifs is 6. The number of aromatic hydroxyl groups is 2. The predicted molar refractivity (Wildman–Crippen MR) is 246 cm³/mol. The van der Waals surface area contributed by atoms with Gasteiger partial charge < -0.3 is 28.8 Å². The van der Waals surface area contributed by atoms with Crippen molar-refractivity contribution in [1.29, 1.82) is 0 Å². The van der Waals surface area contributed by atoms with E-state index in [1.807, 2.05) is 125 Å². The number of pyridine rings is 2. The molecule has 0 fully saturated rings. The first kappa shape index (κ1) is 37.7. The van der Waals surface area contributed by atoms with Gasteiger partial charge in [-0.3, -0.25) is 0 Å². The van der Waals surface area contributed by atoms with Crippen LogP contribution in [0.4, 0.5) is 0 Å². The summed E-state index contributed by atoms with van der Waals surface area (Å²) in [6, 6.07) is 48.6. The van der Waals surface area contributed by atoms with Crippen molar-refractivity contribution >= 4 is 43.6 Å². The second-order valence-corrected chi connectivity index (χ2v) is 15.9. The van der Waals surface area contributed by atoms with Crippen LogP contribution in [0.3, 0.4) is 0 Å². The summed E-state index contributed by atoms with van der Waals surface area (Å²) in [5.41, 5.74) is 10.0. The van der Waals surface area contributed by atoms with Crippen molar-refractivity contribution < 1.29 is 19.7 Å².